The Morgan fingerprint density at radius 3 is 1.33 bits per heavy atom. The van der Waals surface area contributed by atoms with Crippen LogP contribution >= 0.6 is 23.8 Å². The van der Waals surface area contributed by atoms with E-state index >= 15 is 0 Å². The summed E-state index contributed by atoms with van der Waals surface area (Å²) in [7, 11) is 1.05. The zero-order chi connectivity index (χ0) is 11.1. The molecule has 0 saturated carbocycles. The fourth-order valence-electron chi connectivity index (χ4n) is 1.68. The van der Waals surface area contributed by atoms with Crippen molar-refractivity contribution in [3.63, 3.8) is 0 Å². The van der Waals surface area contributed by atoms with E-state index in [1.165, 1.54) is 37.7 Å². The lowest BCUT2D eigenvalue weighted by Crippen LogP contribution is -2.22. The van der Waals surface area contributed by atoms with Gasteiger partial charge in [0, 0.05) is 0 Å². The highest BCUT2D eigenvalue weighted by Gasteiger charge is 2.09. The minimum absolute atomic E-state index is 0.337. The number of hydrogen-bond acceptors (Lipinski definition) is 1. The summed E-state index contributed by atoms with van der Waals surface area (Å²) in [5.41, 5.74) is 0. The summed E-state index contributed by atoms with van der Waals surface area (Å²) in [6.07, 6.45) is 9.03. The second-order valence-corrected chi connectivity index (χ2v) is 12.5. The Hall–Kier alpha value is 1.25. The quantitative estimate of drug-likeness (QED) is 0.664. The van der Waals surface area contributed by atoms with E-state index < -0.39 is 0 Å². The van der Waals surface area contributed by atoms with Crippen LogP contribution in [0, 0.1) is 0 Å². The minimum Gasteiger partial charge on any atom is -0.316 e. The van der Waals surface area contributed by atoms with Crippen LogP contribution in [-0.4, -0.2) is 70.1 Å². The summed E-state index contributed by atoms with van der Waals surface area (Å²) in [6, 6.07) is 0. The van der Waals surface area contributed by atoms with Crippen LogP contribution in [0.3, 0.4) is 0 Å². The molecule has 0 spiro atoms. The minimum atomic E-state index is 0.337. The van der Waals surface area contributed by atoms with Crippen LogP contribution in [0.2, 0.25) is 0 Å². The summed E-state index contributed by atoms with van der Waals surface area (Å²) >= 11 is 0. The molecule has 1 rings (SSSR count). The van der Waals surface area contributed by atoms with Gasteiger partial charge in [0.15, 0.2) is 0 Å². The predicted octanol–water partition coefficient (Wildman–Crippen LogP) is 2.92. The maximum absolute atomic E-state index is 3.61. The molecule has 4 heteroatoms. The van der Waals surface area contributed by atoms with E-state index in [1.807, 2.05) is 0 Å². The highest BCUT2D eigenvalue weighted by Crippen LogP contribution is 2.41. The van der Waals surface area contributed by atoms with E-state index in [9.17, 15) is 0 Å². The Labute approximate surface area is 99.4 Å². The average molecular weight is 265 g/mol. The molecule has 1 saturated heterocycles. The van der Waals surface area contributed by atoms with Gasteiger partial charge in [0.1, 0.15) is 0 Å². The van der Waals surface area contributed by atoms with E-state index in [-0.39, 0.29) is 0 Å². The topological polar surface area (TPSA) is 12.0 Å². The molecule has 2 atom stereocenters. The van der Waals surface area contributed by atoms with Crippen molar-refractivity contribution in [2.45, 2.75) is 0 Å². The molecule has 0 aromatic rings. The largest absolute Gasteiger partial charge is 0.316 e. The summed E-state index contributed by atoms with van der Waals surface area (Å²) in [5.74, 6) is 0. The van der Waals surface area contributed by atoms with Crippen molar-refractivity contribution in [3.8, 4) is 0 Å². The molecule has 90 valence electrons. The molecule has 1 N–H and O–H groups in total. The lowest BCUT2D eigenvalue weighted by atomic mass is 10.6. The van der Waals surface area contributed by atoms with Crippen molar-refractivity contribution in [1.82, 2.24) is 5.32 Å². The molecule has 1 aliphatic rings. The maximum atomic E-state index is 3.61. The summed E-state index contributed by atoms with van der Waals surface area (Å²) in [5, 5.41) is 3.61. The molecular formula is C11H26NP3. The van der Waals surface area contributed by atoms with Crippen LogP contribution in [0.25, 0.3) is 0 Å². The first-order valence-corrected chi connectivity index (χ1v) is 12.4. The molecule has 0 aliphatic carbocycles. The first-order chi connectivity index (χ1) is 7.18. The first kappa shape index (κ1) is 14.3. The van der Waals surface area contributed by atoms with Gasteiger partial charge in [-0.05, 0) is 70.1 Å². The van der Waals surface area contributed by atoms with Crippen LogP contribution in [-0.2, 0) is 0 Å². The van der Waals surface area contributed by atoms with Gasteiger partial charge in [-0.2, -0.15) is 0 Å². The standard InChI is InChI=1S/C11H26NP3/c1-13-6-4-12-5-7-14(2)9-11-15(3)10-8-13/h12H,4-11H2,1-3H3. The Morgan fingerprint density at radius 2 is 0.933 bits per heavy atom. The van der Waals surface area contributed by atoms with E-state index in [4.69, 9.17) is 0 Å². The molecule has 2 unspecified atom stereocenters. The third-order valence-corrected chi connectivity index (χ3v) is 9.70. The number of hydrogen-bond donors (Lipinski definition) is 1. The van der Waals surface area contributed by atoms with Gasteiger partial charge in [-0.25, -0.2) is 0 Å². The third kappa shape index (κ3) is 7.23. The van der Waals surface area contributed by atoms with Crippen LogP contribution in [0.4, 0.5) is 0 Å². The van der Waals surface area contributed by atoms with Crippen molar-refractivity contribution >= 4 is 23.8 Å². The molecule has 0 bridgehead atoms. The van der Waals surface area contributed by atoms with Crippen LogP contribution in [0.1, 0.15) is 0 Å². The van der Waals surface area contributed by atoms with Crippen molar-refractivity contribution in [2.24, 2.45) is 0 Å². The van der Waals surface area contributed by atoms with E-state index in [1.54, 1.807) is 12.3 Å². The molecule has 0 aromatic carbocycles. The molecule has 0 amide bonds. The van der Waals surface area contributed by atoms with E-state index in [2.05, 4.69) is 25.3 Å². The Balaban J connectivity index is 2.30. The number of nitrogens with one attached hydrogen (secondary N) is 1. The maximum Gasteiger partial charge on any atom is -0.000945 e. The van der Waals surface area contributed by atoms with Gasteiger partial charge in [0.05, 0.1) is 0 Å². The number of rotatable bonds is 0. The fraction of sp³-hybridized carbons (Fsp3) is 1.00. The molecule has 1 aliphatic heterocycles. The smallest absolute Gasteiger partial charge is 0.000945 e. The van der Waals surface area contributed by atoms with Crippen LogP contribution < -0.4 is 5.32 Å². The molecular weight excluding hydrogens is 239 g/mol. The Kier molecular flexibility index (Phi) is 7.97. The van der Waals surface area contributed by atoms with Gasteiger partial charge in [-0.1, -0.05) is 0 Å². The molecule has 0 aromatic heterocycles. The van der Waals surface area contributed by atoms with E-state index in [0.717, 1.165) is 0 Å². The second-order valence-electron chi connectivity index (χ2n) is 4.66. The highest BCUT2D eigenvalue weighted by atomic mass is 31.1. The van der Waals surface area contributed by atoms with Gasteiger partial charge in [0.25, 0.3) is 0 Å². The van der Waals surface area contributed by atoms with Gasteiger partial charge < -0.3 is 5.32 Å². The summed E-state index contributed by atoms with van der Waals surface area (Å²) in [4.78, 5) is 0. The lowest BCUT2D eigenvalue weighted by Gasteiger charge is -2.21. The van der Waals surface area contributed by atoms with Crippen molar-refractivity contribution in [1.29, 1.82) is 0 Å². The fourth-order valence-corrected chi connectivity index (χ4v) is 8.90. The Bertz CT molecular complexity index is 150. The molecule has 0 radical (unpaired) electrons. The third-order valence-electron chi connectivity index (χ3n) is 3.07. The molecule has 1 heterocycles. The van der Waals surface area contributed by atoms with E-state index in [0.29, 0.717) is 23.8 Å². The zero-order valence-electron chi connectivity index (χ0n) is 10.5. The lowest BCUT2D eigenvalue weighted by molar-refractivity contribution is 0.769. The van der Waals surface area contributed by atoms with Crippen LogP contribution in [0.5, 0.6) is 0 Å². The van der Waals surface area contributed by atoms with Gasteiger partial charge in [-0.3, -0.25) is 0 Å². The first-order valence-electron chi connectivity index (χ1n) is 5.95. The monoisotopic (exact) mass is 265 g/mol. The molecule has 1 fully saturated rings. The SMILES string of the molecule is CP1CCNCCP(C)CCP(C)CC1. The predicted molar refractivity (Wildman–Crippen MR) is 80.6 cm³/mol. The highest BCUT2D eigenvalue weighted by molar-refractivity contribution is 7.62. The van der Waals surface area contributed by atoms with Gasteiger partial charge >= 0.3 is 0 Å². The average Bonchev–Trinajstić information content (AvgIpc) is 2.21. The normalized spacial score (nSPS) is 36.6. The Morgan fingerprint density at radius 1 is 0.600 bits per heavy atom. The summed E-state index contributed by atoms with van der Waals surface area (Å²) in [6.45, 7) is 10.0. The van der Waals surface area contributed by atoms with Crippen LogP contribution in [0.15, 0.2) is 0 Å². The van der Waals surface area contributed by atoms with Crippen molar-refractivity contribution in [3.05, 3.63) is 0 Å². The van der Waals surface area contributed by atoms with Gasteiger partial charge in [0.2, 0.25) is 0 Å². The zero-order valence-corrected chi connectivity index (χ0v) is 13.2. The summed E-state index contributed by atoms with van der Waals surface area (Å²) < 4.78 is 0. The molecule has 1 nitrogen and oxygen atoms in total. The van der Waals surface area contributed by atoms with Gasteiger partial charge in [-0.15, -0.1) is 23.8 Å². The van der Waals surface area contributed by atoms with Crippen molar-refractivity contribution < 1.29 is 0 Å². The van der Waals surface area contributed by atoms with Crippen molar-refractivity contribution in [2.75, 3.05) is 70.1 Å². The molecule has 15 heavy (non-hydrogen) atoms. The second kappa shape index (κ2) is 8.36.